The van der Waals surface area contributed by atoms with Crippen molar-refractivity contribution in [3.63, 3.8) is 0 Å². The van der Waals surface area contributed by atoms with E-state index >= 15 is 0 Å². The average Bonchev–Trinajstić information content (AvgIpc) is 3.25. The van der Waals surface area contributed by atoms with Crippen LogP contribution >= 0.6 is 34.8 Å². The third-order valence-corrected chi connectivity index (χ3v) is 11.3. The van der Waals surface area contributed by atoms with Gasteiger partial charge >= 0.3 is 0 Å². The maximum Gasteiger partial charge on any atom is 0.262 e. The molecule has 6 aromatic rings. The molecule has 336 valence electrons. The Kier molecular flexibility index (Phi) is 15.2. The van der Waals surface area contributed by atoms with Crippen LogP contribution in [-0.4, -0.2) is 75.9 Å². The predicted molar refractivity (Wildman–Crippen MR) is 252 cm³/mol. The van der Waals surface area contributed by atoms with E-state index in [1.807, 2.05) is 39.8 Å². The van der Waals surface area contributed by atoms with Gasteiger partial charge in [-0.2, -0.15) is 0 Å². The zero-order valence-corrected chi connectivity index (χ0v) is 39.3. The highest BCUT2D eigenvalue weighted by atomic mass is 35.5. The number of amides is 3. The largest absolute Gasteiger partial charge is 0.368 e. The van der Waals surface area contributed by atoms with Crippen molar-refractivity contribution >= 4 is 81.3 Å². The minimum Gasteiger partial charge on any atom is -0.368 e. The van der Waals surface area contributed by atoms with Crippen molar-refractivity contribution < 1.29 is 19.2 Å². The molecule has 3 N–H and O–H groups in total. The summed E-state index contributed by atoms with van der Waals surface area (Å²) >= 11 is 17.8. The molecule has 2 aliphatic heterocycles. The number of nitrogens with zero attached hydrogens (tertiary/aromatic N) is 10. The lowest BCUT2D eigenvalue weighted by Gasteiger charge is -2.27. The number of nitrogens with one attached hydrogen (secondary N) is 1. The molecule has 0 bridgehead atoms. The van der Waals surface area contributed by atoms with Gasteiger partial charge in [0, 0.05) is 86.1 Å². The number of anilines is 4. The number of nitrogen functional groups attached to an aromatic ring is 1. The Morgan fingerprint density at radius 1 is 0.615 bits per heavy atom. The molecule has 0 atom stereocenters. The molecule has 3 amide bonds. The number of carbonyl (C=O) groups excluding carboxylic acids is 4. The molecular weight excluding hydrogens is 891 g/mol. The van der Waals surface area contributed by atoms with E-state index in [0.29, 0.717) is 70.1 Å². The topological polar surface area (TPSA) is 216 Å². The first-order chi connectivity index (χ1) is 30.8. The van der Waals surface area contributed by atoms with E-state index in [1.54, 1.807) is 68.2 Å². The van der Waals surface area contributed by atoms with E-state index in [2.05, 4.69) is 45.2 Å². The highest BCUT2D eigenvalue weighted by Crippen LogP contribution is 2.34. The van der Waals surface area contributed by atoms with E-state index in [4.69, 9.17) is 40.5 Å². The van der Waals surface area contributed by atoms with Crippen LogP contribution in [-0.2, 0) is 22.4 Å². The molecule has 0 spiro atoms. The summed E-state index contributed by atoms with van der Waals surface area (Å²) < 4.78 is 0. The summed E-state index contributed by atoms with van der Waals surface area (Å²) in [7, 11) is 0. The molecule has 0 aromatic carbocycles. The highest BCUT2D eigenvalue weighted by Gasteiger charge is 2.30. The number of aromatic nitrogens is 8. The van der Waals surface area contributed by atoms with Gasteiger partial charge in [-0.15, -0.1) is 0 Å². The third kappa shape index (κ3) is 11.2. The molecule has 0 aliphatic carbocycles. The van der Waals surface area contributed by atoms with E-state index in [9.17, 15) is 19.2 Å². The molecule has 8 heterocycles. The Bertz CT molecular complexity index is 2820. The molecule has 8 rings (SSSR count). The Labute approximate surface area is 391 Å². The Morgan fingerprint density at radius 3 is 1.49 bits per heavy atom. The first kappa shape index (κ1) is 48.0. The zero-order valence-electron chi connectivity index (χ0n) is 37.1. The molecule has 0 radical (unpaired) electrons. The van der Waals surface area contributed by atoms with Gasteiger partial charge in [0.15, 0.2) is 0 Å². The minimum absolute atomic E-state index is 0.0216. The van der Waals surface area contributed by atoms with Gasteiger partial charge in [0.05, 0.1) is 43.9 Å². The fourth-order valence-corrected chi connectivity index (χ4v) is 7.16. The third-order valence-electron chi connectivity index (χ3n) is 10.2. The van der Waals surface area contributed by atoms with Crippen LogP contribution in [0.4, 0.5) is 23.5 Å². The van der Waals surface area contributed by atoms with Crippen molar-refractivity contribution in [1.82, 2.24) is 39.9 Å². The first-order valence-electron chi connectivity index (χ1n) is 20.6. The lowest BCUT2D eigenvalue weighted by molar-refractivity contribution is -0.119. The van der Waals surface area contributed by atoms with Gasteiger partial charge in [-0.1, -0.05) is 63.0 Å². The minimum atomic E-state index is -0.269. The SMILES string of the molecule is CC(C)C(=O)Cl.Cc1cnc(-c2cc(N3CCc4nc(N)ncc4C3=O)ncc2Cl)c(C)c1.Cc1cnc(-c2cc(N3CCc4nc(NC(=O)C(C)C)ncc4C3=O)ncc2Cl)c(C)c1. The molecule has 0 saturated heterocycles. The second kappa shape index (κ2) is 20.6. The first-order valence-corrected chi connectivity index (χ1v) is 21.8. The molecule has 0 unspecified atom stereocenters. The molecule has 19 heteroatoms. The number of fused-ring (bicyclic) bond motifs is 2. The number of halogens is 3. The van der Waals surface area contributed by atoms with Crippen LogP contribution in [0, 0.1) is 39.5 Å². The van der Waals surface area contributed by atoms with Crippen molar-refractivity contribution in [2.45, 2.75) is 68.2 Å². The monoisotopic (exact) mass is 936 g/mol. The molecule has 65 heavy (non-hydrogen) atoms. The fraction of sp³-hybridized carbons (Fsp3) is 0.304. The lowest BCUT2D eigenvalue weighted by atomic mass is 10.0. The number of hydrogen-bond donors (Lipinski definition) is 2. The van der Waals surface area contributed by atoms with Crippen LogP contribution in [0.1, 0.15) is 82.1 Å². The van der Waals surface area contributed by atoms with Crippen molar-refractivity contribution in [2.75, 3.05) is 33.9 Å². The number of aryl methyl sites for hydroxylation is 4. The molecule has 0 fully saturated rings. The Morgan fingerprint density at radius 2 is 1.06 bits per heavy atom. The number of nitrogens with two attached hydrogens (primary N) is 1. The van der Waals surface area contributed by atoms with Crippen molar-refractivity contribution in [3.8, 4) is 22.5 Å². The maximum absolute atomic E-state index is 13.2. The molecule has 6 aromatic heterocycles. The van der Waals surface area contributed by atoms with Gasteiger partial charge in [0.1, 0.15) is 11.6 Å². The summed E-state index contributed by atoms with van der Waals surface area (Å²) in [5.41, 5.74) is 14.8. The number of hydrogen-bond acceptors (Lipinski definition) is 13. The fourth-order valence-electron chi connectivity index (χ4n) is 6.78. The highest BCUT2D eigenvalue weighted by molar-refractivity contribution is 6.63. The van der Waals surface area contributed by atoms with E-state index < -0.39 is 0 Å². The number of rotatable bonds is 7. The van der Waals surface area contributed by atoms with Gasteiger partial charge in [-0.25, -0.2) is 29.9 Å². The zero-order chi connectivity index (χ0) is 47.3. The summed E-state index contributed by atoms with van der Waals surface area (Å²) in [6.07, 6.45) is 10.7. The Balaban J connectivity index is 0.000000193. The van der Waals surface area contributed by atoms with Crippen LogP contribution in [0.3, 0.4) is 0 Å². The lowest BCUT2D eigenvalue weighted by Crippen LogP contribution is -2.39. The normalized spacial score (nSPS) is 13.1. The van der Waals surface area contributed by atoms with Gasteiger partial charge in [0.25, 0.3) is 11.8 Å². The van der Waals surface area contributed by atoms with Gasteiger partial charge in [-0.3, -0.25) is 44.3 Å². The van der Waals surface area contributed by atoms with Crippen LogP contribution in [0.15, 0.2) is 61.4 Å². The standard InChI is InChI=1S/C23H23ClN6O2.C19H17ClN6O.C4H7ClO/c1-12(2)21(31)29-23-27-10-16-18(28-23)5-6-30(22(16)32)19-8-15(17(24)11-25-19)20-14(4)7-13(3)9-26-20;1-10-5-11(2)17(23-7-10)12-6-16(22-9-14(12)20)26-4-3-15-13(18(26)27)8-24-19(21)25-15;1-3(2)4(5)6/h7-12H,5-6H2,1-4H3,(H,27,28,29,31);5-9H,3-4H2,1-2H3,(H2,21,24,25);3H,1-2H3. The Hall–Kier alpha value is -6.49. The van der Waals surface area contributed by atoms with Crippen LogP contribution in [0.25, 0.3) is 22.5 Å². The van der Waals surface area contributed by atoms with Crippen molar-refractivity contribution in [1.29, 1.82) is 0 Å². The second-order valence-electron chi connectivity index (χ2n) is 16.1. The van der Waals surface area contributed by atoms with E-state index in [0.717, 1.165) is 44.8 Å². The number of pyridine rings is 4. The van der Waals surface area contributed by atoms with E-state index in [-0.39, 0.29) is 46.7 Å². The molecule has 0 saturated carbocycles. The molecule has 16 nitrogen and oxygen atoms in total. The predicted octanol–water partition coefficient (Wildman–Crippen LogP) is 8.40. The van der Waals surface area contributed by atoms with Crippen LogP contribution in [0.2, 0.25) is 10.0 Å². The van der Waals surface area contributed by atoms with Gasteiger partial charge in [0.2, 0.25) is 23.0 Å². The maximum atomic E-state index is 13.2. The summed E-state index contributed by atoms with van der Waals surface area (Å²) in [6.45, 7) is 15.9. The summed E-state index contributed by atoms with van der Waals surface area (Å²) in [5, 5.41) is 3.35. The van der Waals surface area contributed by atoms with Crippen LogP contribution in [0.5, 0.6) is 0 Å². The van der Waals surface area contributed by atoms with E-state index in [1.165, 1.54) is 18.6 Å². The molecular formula is C46H47Cl3N12O4. The smallest absolute Gasteiger partial charge is 0.262 e. The summed E-state index contributed by atoms with van der Waals surface area (Å²) in [6, 6.07) is 7.67. The van der Waals surface area contributed by atoms with Crippen LogP contribution < -0.4 is 20.9 Å². The molecule has 2 aliphatic rings. The van der Waals surface area contributed by atoms with Gasteiger partial charge in [-0.05, 0) is 73.7 Å². The average molecular weight is 938 g/mol. The second-order valence-corrected chi connectivity index (χ2v) is 17.2. The summed E-state index contributed by atoms with van der Waals surface area (Å²) in [4.78, 5) is 85.5. The van der Waals surface area contributed by atoms with Gasteiger partial charge < -0.3 is 5.73 Å². The van der Waals surface area contributed by atoms with Crippen molar-refractivity contribution in [2.24, 2.45) is 11.8 Å². The van der Waals surface area contributed by atoms with Crippen molar-refractivity contribution in [3.05, 3.63) is 116 Å². The quantitative estimate of drug-likeness (QED) is 0.144. The summed E-state index contributed by atoms with van der Waals surface area (Å²) in [5.74, 6) is 0.539. The number of carbonyl (C=O) groups is 4.